The molecule has 1 saturated heterocycles. The van der Waals surface area contributed by atoms with Gasteiger partial charge in [-0.25, -0.2) is 4.39 Å². The van der Waals surface area contributed by atoms with Crippen LogP contribution in [0, 0.1) is 5.92 Å². The Morgan fingerprint density at radius 3 is 2.93 bits per heavy atom. The zero-order valence-corrected chi connectivity index (χ0v) is 9.04. The summed E-state index contributed by atoms with van der Waals surface area (Å²) < 4.78 is 12.4. The van der Waals surface area contributed by atoms with Gasteiger partial charge in [-0.1, -0.05) is 12.2 Å². The Balaban J connectivity index is 2.08. The van der Waals surface area contributed by atoms with E-state index in [4.69, 9.17) is 0 Å². The van der Waals surface area contributed by atoms with E-state index in [0.29, 0.717) is 12.3 Å². The van der Waals surface area contributed by atoms with Gasteiger partial charge >= 0.3 is 0 Å². The van der Waals surface area contributed by atoms with Crippen LogP contribution in [0.25, 0.3) is 0 Å². The van der Waals surface area contributed by atoms with Gasteiger partial charge in [0, 0.05) is 19.0 Å². The Labute approximate surface area is 90.1 Å². The number of likely N-dealkylation sites (tertiary alicyclic amines) is 1. The number of nitrogens with zero attached hydrogens (tertiary/aromatic N) is 1. The fourth-order valence-electron chi connectivity index (χ4n) is 2.92. The second-order valence-electron chi connectivity index (χ2n) is 4.64. The molecule has 2 aliphatic rings. The SMILES string of the molecule is C=C1CCC2C(CCC(=O)N2CCF)C1. The molecule has 1 heterocycles. The third-order valence-corrected chi connectivity index (χ3v) is 3.66. The molecule has 1 aliphatic heterocycles. The van der Waals surface area contributed by atoms with E-state index in [1.165, 1.54) is 5.57 Å². The van der Waals surface area contributed by atoms with E-state index in [1.807, 2.05) is 0 Å². The van der Waals surface area contributed by atoms with Gasteiger partial charge in [0.25, 0.3) is 0 Å². The van der Waals surface area contributed by atoms with E-state index >= 15 is 0 Å². The summed E-state index contributed by atoms with van der Waals surface area (Å²) in [4.78, 5) is 13.4. The summed E-state index contributed by atoms with van der Waals surface area (Å²) >= 11 is 0. The number of alkyl halides is 1. The van der Waals surface area contributed by atoms with Gasteiger partial charge in [-0.3, -0.25) is 4.79 Å². The first-order valence-corrected chi connectivity index (χ1v) is 5.74. The van der Waals surface area contributed by atoms with Crippen molar-refractivity contribution in [1.29, 1.82) is 0 Å². The Morgan fingerprint density at radius 1 is 1.40 bits per heavy atom. The summed E-state index contributed by atoms with van der Waals surface area (Å²) in [6.45, 7) is 3.88. The minimum Gasteiger partial charge on any atom is -0.337 e. The molecule has 1 amide bonds. The van der Waals surface area contributed by atoms with Crippen molar-refractivity contribution in [1.82, 2.24) is 4.90 Å². The summed E-state index contributed by atoms with van der Waals surface area (Å²) in [5.41, 5.74) is 1.30. The maximum atomic E-state index is 12.4. The van der Waals surface area contributed by atoms with E-state index < -0.39 is 6.67 Å². The quantitative estimate of drug-likeness (QED) is 0.642. The highest BCUT2D eigenvalue weighted by Gasteiger charge is 2.37. The molecule has 2 nitrogen and oxygen atoms in total. The summed E-state index contributed by atoms with van der Waals surface area (Å²) in [5, 5.41) is 0. The second kappa shape index (κ2) is 4.33. The molecule has 2 unspecified atom stereocenters. The maximum Gasteiger partial charge on any atom is 0.222 e. The molecule has 0 aromatic rings. The number of hydrogen-bond acceptors (Lipinski definition) is 1. The third kappa shape index (κ3) is 2.06. The highest BCUT2D eigenvalue weighted by atomic mass is 19.1. The lowest BCUT2D eigenvalue weighted by molar-refractivity contribution is -0.139. The average Bonchev–Trinajstić information content (AvgIpc) is 2.22. The van der Waals surface area contributed by atoms with Crippen LogP contribution in [0.1, 0.15) is 32.1 Å². The molecule has 3 heteroatoms. The van der Waals surface area contributed by atoms with E-state index in [0.717, 1.165) is 25.7 Å². The Kier molecular flexibility index (Phi) is 3.08. The van der Waals surface area contributed by atoms with Crippen LogP contribution >= 0.6 is 0 Å². The smallest absolute Gasteiger partial charge is 0.222 e. The molecule has 0 radical (unpaired) electrons. The topological polar surface area (TPSA) is 20.3 Å². The number of carbonyl (C=O) groups excluding carboxylic acids is 1. The highest BCUT2D eigenvalue weighted by Crippen LogP contribution is 2.37. The molecule has 2 fully saturated rings. The normalized spacial score (nSPS) is 31.7. The number of halogens is 1. The van der Waals surface area contributed by atoms with Crippen molar-refractivity contribution < 1.29 is 9.18 Å². The van der Waals surface area contributed by atoms with Gasteiger partial charge in [0.2, 0.25) is 5.91 Å². The summed E-state index contributed by atoms with van der Waals surface area (Å²) in [7, 11) is 0. The predicted octanol–water partition coefficient (Wildman–Crippen LogP) is 2.30. The molecule has 1 aliphatic carbocycles. The summed E-state index contributed by atoms with van der Waals surface area (Å²) in [6.07, 6.45) is 4.56. The molecule has 0 aromatic heterocycles. The zero-order valence-electron chi connectivity index (χ0n) is 9.04. The summed E-state index contributed by atoms with van der Waals surface area (Å²) in [5.74, 6) is 0.678. The number of allylic oxidation sites excluding steroid dienone is 1. The standard InChI is InChI=1S/C12H18FNO/c1-9-2-4-11-10(8-9)3-5-12(15)14(11)7-6-13/h10-11H,1-8H2. The van der Waals surface area contributed by atoms with Gasteiger partial charge in [0.15, 0.2) is 0 Å². The lowest BCUT2D eigenvalue weighted by Crippen LogP contribution is -2.50. The minimum atomic E-state index is -0.421. The number of hydrogen-bond donors (Lipinski definition) is 0. The Morgan fingerprint density at radius 2 is 2.20 bits per heavy atom. The van der Waals surface area contributed by atoms with Crippen LogP contribution in [-0.4, -0.2) is 30.1 Å². The molecule has 84 valence electrons. The van der Waals surface area contributed by atoms with Gasteiger partial charge in [0.05, 0.1) is 0 Å². The largest absolute Gasteiger partial charge is 0.337 e. The monoisotopic (exact) mass is 211 g/mol. The number of piperidine rings is 1. The first-order chi connectivity index (χ1) is 7.22. The fraction of sp³-hybridized carbons (Fsp3) is 0.750. The van der Waals surface area contributed by atoms with Crippen molar-refractivity contribution in [3.05, 3.63) is 12.2 Å². The van der Waals surface area contributed by atoms with Gasteiger partial charge in [0.1, 0.15) is 6.67 Å². The first kappa shape index (κ1) is 10.7. The second-order valence-corrected chi connectivity index (χ2v) is 4.64. The van der Waals surface area contributed by atoms with Gasteiger partial charge < -0.3 is 4.90 Å². The molecule has 0 N–H and O–H groups in total. The molecule has 0 aromatic carbocycles. The van der Waals surface area contributed by atoms with Crippen LogP contribution in [0.5, 0.6) is 0 Å². The lowest BCUT2D eigenvalue weighted by Gasteiger charge is -2.44. The summed E-state index contributed by atoms with van der Waals surface area (Å²) in [6, 6.07) is 0.285. The van der Waals surface area contributed by atoms with E-state index in [-0.39, 0.29) is 18.5 Å². The number of amides is 1. The van der Waals surface area contributed by atoms with Gasteiger partial charge in [-0.2, -0.15) is 0 Å². The van der Waals surface area contributed by atoms with Crippen molar-refractivity contribution in [3.8, 4) is 0 Å². The third-order valence-electron chi connectivity index (χ3n) is 3.66. The van der Waals surface area contributed by atoms with Crippen LogP contribution < -0.4 is 0 Å². The Bertz CT molecular complexity index is 277. The van der Waals surface area contributed by atoms with E-state index in [2.05, 4.69) is 6.58 Å². The minimum absolute atomic E-state index is 0.140. The van der Waals surface area contributed by atoms with Crippen LogP contribution in [0.3, 0.4) is 0 Å². The van der Waals surface area contributed by atoms with Crippen molar-refractivity contribution in [2.75, 3.05) is 13.2 Å². The van der Waals surface area contributed by atoms with Crippen LogP contribution in [-0.2, 0) is 4.79 Å². The van der Waals surface area contributed by atoms with E-state index in [1.54, 1.807) is 4.90 Å². The molecule has 2 atom stereocenters. The first-order valence-electron chi connectivity index (χ1n) is 5.74. The molecular weight excluding hydrogens is 193 g/mol. The predicted molar refractivity (Wildman–Crippen MR) is 57.2 cm³/mol. The highest BCUT2D eigenvalue weighted by molar-refractivity contribution is 5.77. The van der Waals surface area contributed by atoms with Crippen LogP contribution in [0.15, 0.2) is 12.2 Å². The number of fused-ring (bicyclic) bond motifs is 1. The average molecular weight is 211 g/mol. The molecule has 1 saturated carbocycles. The van der Waals surface area contributed by atoms with Crippen LogP contribution in [0.4, 0.5) is 4.39 Å². The van der Waals surface area contributed by atoms with Crippen molar-refractivity contribution in [2.45, 2.75) is 38.1 Å². The zero-order chi connectivity index (χ0) is 10.8. The van der Waals surface area contributed by atoms with Crippen LogP contribution in [0.2, 0.25) is 0 Å². The van der Waals surface area contributed by atoms with Crippen molar-refractivity contribution in [3.63, 3.8) is 0 Å². The molecule has 2 rings (SSSR count). The maximum absolute atomic E-state index is 12.4. The fourth-order valence-corrected chi connectivity index (χ4v) is 2.92. The number of carbonyl (C=O) groups is 1. The van der Waals surface area contributed by atoms with Gasteiger partial charge in [-0.15, -0.1) is 0 Å². The molecule has 0 spiro atoms. The molecule has 0 bridgehead atoms. The van der Waals surface area contributed by atoms with Crippen molar-refractivity contribution in [2.24, 2.45) is 5.92 Å². The lowest BCUT2D eigenvalue weighted by atomic mass is 9.76. The molecule has 15 heavy (non-hydrogen) atoms. The molecular formula is C12H18FNO. The van der Waals surface area contributed by atoms with Gasteiger partial charge in [-0.05, 0) is 31.6 Å². The Hall–Kier alpha value is -0.860. The number of rotatable bonds is 2. The van der Waals surface area contributed by atoms with E-state index in [9.17, 15) is 9.18 Å². The van der Waals surface area contributed by atoms with Crippen molar-refractivity contribution >= 4 is 5.91 Å².